The fourth-order valence-electron chi connectivity index (χ4n) is 2.05. The predicted octanol–water partition coefficient (Wildman–Crippen LogP) is 4.55. The molecule has 24 heavy (non-hydrogen) atoms. The van der Waals surface area contributed by atoms with Gasteiger partial charge in [-0.25, -0.2) is 15.0 Å². The van der Waals surface area contributed by atoms with Crippen molar-refractivity contribution in [3.05, 3.63) is 35.3 Å². The highest BCUT2D eigenvalue weighted by molar-refractivity contribution is 9.10. The maximum Gasteiger partial charge on any atom is 0.573 e. The maximum atomic E-state index is 12.9. The van der Waals surface area contributed by atoms with Gasteiger partial charge in [0.15, 0.2) is 10.4 Å². The predicted molar refractivity (Wildman–Crippen MR) is 76.4 cm³/mol. The molecule has 5 nitrogen and oxygen atoms in total. The first-order valence-corrected chi connectivity index (χ1v) is 7.08. The van der Waals surface area contributed by atoms with Crippen LogP contribution in [-0.2, 0) is 0 Å². The molecular weight excluding hydrogens is 403 g/mol. The molecule has 0 aliphatic rings. The summed E-state index contributed by atoms with van der Waals surface area (Å²) in [4.78, 5) is 11.8. The zero-order valence-corrected chi connectivity index (χ0v) is 13.0. The van der Waals surface area contributed by atoms with Crippen LogP contribution in [0.1, 0.15) is 6.55 Å². The molecule has 0 N–H and O–H groups in total. The van der Waals surface area contributed by atoms with E-state index in [1.807, 2.05) is 0 Å². The molecule has 0 atom stereocenters. The molecule has 3 aromatic rings. The smallest absolute Gasteiger partial charge is 0.406 e. The average molecular weight is 409 g/mol. The van der Waals surface area contributed by atoms with E-state index in [9.17, 15) is 22.0 Å². The van der Waals surface area contributed by atoms with Crippen molar-refractivity contribution < 1.29 is 26.7 Å². The second kappa shape index (κ2) is 5.96. The van der Waals surface area contributed by atoms with E-state index in [1.165, 1.54) is 12.1 Å². The molecule has 0 aliphatic carbocycles. The van der Waals surface area contributed by atoms with Crippen molar-refractivity contribution in [3.63, 3.8) is 0 Å². The highest BCUT2D eigenvalue weighted by Crippen LogP contribution is 2.30. The lowest BCUT2D eigenvalue weighted by atomic mass is 10.1. The lowest BCUT2D eigenvalue weighted by Gasteiger charge is -2.09. The molecule has 0 bridgehead atoms. The quantitative estimate of drug-likeness (QED) is 0.471. The van der Waals surface area contributed by atoms with Gasteiger partial charge < -0.3 is 4.74 Å². The van der Waals surface area contributed by atoms with E-state index in [2.05, 4.69) is 35.6 Å². The molecule has 126 valence electrons. The number of nitrogens with zero attached hydrogens (tertiary/aromatic N) is 4. The van der Waals surface area contributed by atoms with Crippen LogP contribution >= 0.6 is 15.9 Å². The molecule has 0 unspecified atom stereocenters. The summed E-state index contributed by atoms with van der Waals surface area (Å²) in [6.45, 7) is -2.84. The number of aromatic nitrogens is 4. The van der Waals surface area contributed by atoms with E-state index in [-0.39, 0.29) is 21.6 Å². The summed E-state index contributed by atoms with van der Waals surface area (Å²) in [6.07, 6.45) is -3.89. The highest BCUT2D eigenvalue weighted by Gasteiger charge is 2.31. The van der Waals surface area contributed by atoms with Gasteiger partial charge in [-0.05, 0) is 40.2 Å². The van der Waals surface area contributed by atoms with Crippen molar-refractivity contribution in [2.24, 2.45) is 0 Å². The molecule has 0 spiro atoms. The number of fused-ring (bicyclic) bond motifs is 1. The van der Waals surface area contributed by atoms with Crippen LogP contribution in [0.25, 0.3) is 22.4 Å². The number of alkyl halides is 5. The summed E-state index contributed by atoms with van der Waals surface area (Å²) in [5.41, 5.74) is 0.572. The minimum absolute atomic E-state index is 0.0445. The van der Waals surface area contributed by atoms with Crippen LogP contribution < -0.4 is 4.74 Å². The standard InChI is InChI=1S/C13H6BrF5N4O/c14-11-21-8(9-10(22-11)23(5-20-9)12(15)16)6-1-3-7(4-2-6)24-13(17,18)19/h1-5,12H. The number of halogens is 6. The first kappa shape index (κ1) is 16.6. The molecule has 2 heterocycles. The van der Waals surface area contributed by atoms with Crippen molar-refractivity contribution >= 4 is 27.1 Å². The molecule has 2 aromatic heterocycles. The molecule has 0 radical (unpaired) electrons. The molecule has 3 rings (SSSR count). The molecule has 0 amide bonds. The third-order valence-corrected chi connectivity index (χ3v) is 3.32. The monoisotopic (exact) mass is 408 g/mol. The van der Waals surface area contributed by atoms with Crippen LogP contribution in [0, 0.1) is 0 Å². The molecule has 0 fully saturated rings. The van der Waals surface area contributed by atoms with Gasteiger partial charge in [-0.2, -0.15) is 8.78 Å². The minimum Gasteiger partial charge on any atom is -0.406 e. The summed E-state index contributed by atoms with van der Waals surface area (Å²) < 4.78 is 66.8. The number of rotatable bonds is 3. The van der Waals surface area contributed by atoms with Crippen molar-refractivity contribution in [1.29, 1.82) is 0 Å². The molecule has 0 saturated carbocycles. The Morgan fingerprint density at radius 2 is 1.75 bits per heavy atom. The highest BCUT2D eigenvalue weighted by atomic mass is 79.9. The van der Waals surface area contributed by atoms with Crippen molar-refractivity contribution in [2.75, 3.05) is 0 Å². The summed E-state index contributed by atoms with van der Waals surface area (Å²) in [7, 11) is 0. The SMILES string of the molecule is FC(F)n1cnc2c(-c3ccc(OC(F)(F)F)cc3)nc(Br)nc21. The van der Waals surface area contributed by atoms with Gasteiger partial charge in [-0.3, -0.25) is 4.57 Å². The van der Waals surface area contributed by atoms with Gasteiger partial charge in [0.1, 0.15) is 23.3 Å². The number of hydrogen-bond acceptors (Lipinski definition) is 4. The largest absolute Gasteiger partial charge is 0.573 e. The Kier molecular flexibility index (Phi) is 4.11. The van der Waals surface area contributed by atoms with E-state index in [1.54, 1.807) is 0 Å². The van der Waals surface area contributed by atoms with Crippen LogP contribution in [0.2, 0.25) is 0 Å². The molecular formula is C13H6BrF5N4O. The maximum absolute atomic E-state index is 12.9. The van der Waals surface area contributed by atoms with Gasteiger partial charge >= 0.3 is 12.9 Å². The average Bonchev–Trinajstić information content (AvgIpc) is 2.89. The van der Waals surface area contributed by atoms with Crippen molar-refractivity contribution in [3.8, 4) is 17.0 Å². The van der Waals surface area contributed by atoms with Gasteiger partial charge in [0.25, 0.3) is 0 Å². The van der Waals surface area contributed by atoms with E-state index in [0.717, 1.165) is 18.5 Å². The van der Waals surface area contributed by atoms with Gasteiger partial charge in [-0.1, -0.05) is 0 Å². The Morgan fingerprint density at radius 3 is 2.33 bits per heavy atom. The third-order valence-electron chi connectivity index (χ3n) is 2.97. The molecule has 11 heteroatoms. The molecule has 0 aliphatic heterocycles. The van der Waals surface area contributed by atoms with E-state index >= 15 is 0 Å². The van der Waals surface area contributed by atoms with Crippen molar-refractivity contribution in [1.82, 2.24) is 19.5 Å². The van der Waals surface area contributed by atoms with E-state index in [4.69, 9.17) is 0 Å². The summed E-state index contributed by atoms with van der Waals surface area (Å²) >= 11 is 3.02. The minimum atomic E-state index is -4.80. The molecule has 1 aromatic carbocycles. The number of hydrogen-bond donors (Lipinski definition) is 0. The Morgan fingerprint density at radius 1 is 1.08 bits per heavy atom. The first-order valence-electron chi connectivity index (χ1n) is 6.29. The topological polar surface area (TPSA) is 52.8 Å². The Labute approximate surface area is 139 Å². The van der Waals surface area contributed by atoms with Crippen LogP contribution in [0.3, 0.4) is 0 Å². The number of imidazole rings is 1. The first-order chi connectivity index (χ1) is 11.2. The summed E-state index contributed by atoms with van der Waals surface area (Å²) in [6, 6.07) is 4.82. The van der Waals surface area contributed by atoms with Gasteiger partial charge in [0, 0.05) is 5.56 Å². The third kappa shape index (κ3) is 3.30. The summed E-state index contributed by atoms with van der Waals surface area (Å²) in [5, 5.41) is 0. The fourth-order valence-corrected chi connectivity index (χ4v) is 2.39. The second-order valence-electron chi connectivity index (χ2n) is 4.52. The van der Waals surface area contributed by atoms with Crippen LogP contribution in [-0.4, -0.2) is 25.9 Å². The fraction of sp³-hybridized carbons (Fsp3) is 0.154. The van der Waals surface area contributed by atoms with E-state index < -0.39 is 18.7 Å². The molecule has 0 saturated heterocycles. The lowest BCUT2D eigenvalue weighted by Crippen LogP contribution is -2.16. The van der Waals surface area contributed by atoms with Gasteiger partial charge in [0.05, 0.1) is 0 Å². The van der Waals surface area contributed by atoms with Crippen LogP contribution in [0.5, 0.6) is 5.75 Å². The van der Waals surface area contributed by atoms with Gasteiger partial charge in [-0.15, -0.1) is 13.2 Å². The Balaban J connectivity index is 2.06. The van der Waals surface area contributed by atoms with Crippen LogP contribution in [0.4, 0.5) is 22.0 Å². The zero-order valence-electron chi connectivity index (χ0n) is 11.4. The number of benzene rings is 1. The van der Waals surface area contributed by atoms with Crippen molar-refractivity contribution in [2.45, 2.75) is 12.9 Å². The lowest BCUT2D eigenvalue weighted by molar-refractivity contribution is -0.274. The summed E-state index contributed by atoms with van der Waals surface area (Å²) in [5.74, 6) is -0.409. The van der Waals surface area contributed by atoms with E-state index in [0.29, 0.717) is 10.1 Å². The van der Waals surface area contributed by atoms with Gasteiger partial charge in [0.2, 0.25) is 0 Å². The van der Waals surface area contributed by atoms with Crippen LogP contribution in [0.15, 0.2) is 35.3 Å². The second-order valence-corrected chi connectivity index (χ2v) is 5.22. The Hall–Kier alpha value is -2.30. The Bertz CT molecular complexity index is 878. The number of ether oxygens (including phenoxy) is 1. The normalized spacial score (nSPS) is 12.1. The zero-order chi connectivity index (χ0) is 17.5.